The van der Waals surface area contributed by atoms with E-state index in [1.807, 2.05) is 24.6 Å². The fraction of sp³-hybridized carbons (Fsp3) is 0.231. The first-order valence-electron chi connectivity index (χ1n) is 5.50. The van der Waals surface area contributed by atoms with Crippen molar-refractivity contribution in [2.75, 3.05) is 6.61 Å². The molecular weight excluding hydrogens is 232 g/mol. The van der Waals surface area contributed by atoms with Crippen molar-refractivity contribution in [2.24, 2.45) is 7.05 Å². The fourth-order valence-electron chi connectivity index (χ4n) is 1.89. The molecule has 5 heteroatoms. The zero-order valence-electron chi connectivity index (χ0n) is 10.2. The Kier molecular flexibility index (Phi) is 3.16. The number of aliphatic carboxylic acids is 1. The number of aliphatic hydroxyl groups is 1. The van der Waals surface area contributed by atoms with Gasteiger partial charge in [0, 0.05) is 13.1 Å². The van der Waals surface area contributed by atoms with Crippen LogP contribution in [0.2, 0.25) is 0 Å². The molecule has 2 rings (SSSR count). The number of aryl methyl sites for hydroxylation is 2. The number of imidazole rings is 1. The van der Waals surface area contributed by atoms with Crippen LogP contribution in [-0.2, 0) is 11.8 Å². The van der Waals surface area contributed by atoms with Crippen molar-refractivity contribution in [3.63, 3.8) is 0 Å². The van der Waals surface area contributed by atoms with Gasteiger partial charge in [-0.15, -0.1) is 0 Å². The maximum absolute atomic E-state index is 10.7. The van der Waals surface area contributed by atoms with E-state index in [9.17, 15) is 9.90 Å². The van der Waals surface area contributed by atoms with Crippen LogP contribution in [-0.4, -0.2) is 32.3 Å². The number of nitrogens with zero attached hydrogens (tertiary/aromatic N) is 2. The van der Waals surface area contributed by atoms with Crippen LogP contribution in [0.4, 0.5) is 0 Å². The zero-order valence-corrected chi connectivity index (χ0v) is 10.2. The summed E-state index contributed by atoms with van der Waals surface area (Å²) in [6.07, 6.45) is 1.01. The minimum Gasteiger partial charge on any atom is -0.478 e. The highest BCUT2D eigenvalue weighted by atomic mass is 16.4. The third-order valence-corrected chi connectivity index (χ3v) is 2.94. The van der Waals surface area contributed by atoms with E-state index < -0.39 is 5.97 Å². The predicted molar refractivity (Wildman–Crippen MR) is 68.1 cm³/mol. The van der Waals surface area contributed by atoms with Gasteiger partial charge >= 0.3 is 5.97 Å². The SMILES string of the molecule is Cc1nc2cc(/C(=C/C(=O)O)CO)ccc2n1C. The summed E-state index contributed by atoms with van der Waals surface area (Å²) in [5.74, 6) is -0.189. The lowest BCUT2D eigenvalue weighted by molar-refractivity contribution is -0.131. The van der Waals surface area contributed by atoms with Gasteiger partial charge in [0.2, 0.25) is 0 Å². The van der Waals surface area contributed by atoms with Crippen molar-refractivity contribution in [3.8, 4) is 0 Å². The number of hydrogen-bond acceptors (Lipinski definition) is 3. The predicted octanol–water partition coefficient (Wildman–Crippen LogP) is 1.34. The molecule has 0 fully saturated rings. The van der Waals surface area contributed by atoms with E-state index in [0.29, 0.717) is 11.1 Å². The highest BCUT2D eigenvalue weighted by Gasteiger charge is 2.08. The summed E-state index contributed by atoms with van der Waals surface area (Å²) in [6, 6.07) is 5.44. The average molecular weight is 246 g/mol. The van der Waals surface area contributed by atoms with Gasteiger partial charge in [-0.05, 0) is 30.2 Å². The van der Waals surface area contributed by atoms with Crippen LogP contribution in [0, 0.1) is 6.92 Å². The van der Waals surface area contributed by atoms with E-state index in [2.05, 4.69) is 4.98 Å². The molecule has 1 aromatic carbocycles. The van der Waals surface area contributed by atoms with Gasteiger partial charge in [-0.1, -0.05) is 6.07 Å². The summed E-state index contributed by atoms with van der Waals surface area (Å²) in [5.41, 5.74) is 2.80. The zero-order chi connectivity index (χ0) is 13.3. The molecule has 94 valence electrons. The Morgan fingerprint density at radius 3 is 2.83 bits per heavy atom. The van der Waals surface area contributed by atoms with Crippen LogP contribution in [0.25, 0.3) is 16.6 Å². The lowest BCUT2D eigenvalue weighted by atomic mass is 10.1. The molecule has 1 heterocycles. The first-order chi connectivity index (χ1) is 8.52. The molecule has 5 nitrogen and oxygen atoms in total. The van der Waals surface area contributed by atoms with Crippen molar-refractivity contribution in [1.82, 2.24) is 9.55 Å². The molecule has 0 saturated carbocycles. The number of aromatic nitrogens is 2. The minimum absolute atomic E-state index is 0.316. The summed E-state index contributed by atoms with van der Waals surface area (Å²) in [7, 11) is 1.92. The van der Waals surface area contributed by atoms with Crippen molar-refractivity contribution in [1.29, 1.82) is 0 Å². The maximum atomic E-state index is 10.7. The monoisotopic (exact) mass is 246 g/mol. The van der Waals surface area contributed by atoms with Gasteiger partial charge in [0.05, 0.1) is 17.6 Å². The fourth-order valence-corrected chi connectivity index (χ4v) is 1.89. The molecule has 0 saturated heterocycles. The number of hydrogen-bond donors (Lipinski definition) is 2. The largest absolute Gasteiger partial charge is 0.478 e. The molecule has 0 atom stereocenters. The van der Waals surface area contributed by atoms with Crippen LogP contribution >= 0.6 is 0 Å². The number of carboxylic acid groups (broad SMARTS) is 1. The number of carboxylic acids is 1. The Hall–Kier alpha value is -2.14. The molecule has 0 radical (unpaired) electrons. The van der Waals surface area contributed by atoms with Crippen molar-refractivity contribution in [2.45, 2.75) is 6.92 Å². The van der Waals surface area contributed by atoms with Crippen LogP contribution in [0.5, 0.6) is 0 Å². The van der Waals surface area contributed by atoms with E-state index in [1.54, 1.807) is 12.1 Å². The van der Waals surface area contributed by atoms with Gasteiger partial charge in [-0.3, -0.25) is 0 Å². The Labute approximate surface area is 104 Å². The lowest BCUT2D eigenvalue weighted by Crippen LogP contribution is -1.96. The number of carbonyl (C=O) groups is 1. The summed E-state index contributed by atoms with van der Waals surface area (Å²) in [5, 5.41) is 17.9. The third kappa shape index (κ3) is 2.12. The molecule has 0 spiro atoms. The first-order valence-corrected chi connectivity index (χ1v) is 5.50. The highest BCUT2D eigenvalue weighted by molar-refractivity contribution is 5.92. The van der Waals surface area contributed by atoms with E-state index in [4.69, 9.17) is 5.11 Å². The average Bonchev–Trinajstić information content (AvgIpc) is 2.61. The highest BCUT2D eigenvalue weighted by Crippen LogP contribution is 2.21. The summed E-state index contributed by atoms with van der Waals surface area (Å²) in [4.78, 5) is 15.0. The summed E-state index contributed by atoms with van der Waals surface area (Å²) in [6.45, 7) is 1.59. The van der Waals surface area contributed by atoms with Gasteiger partial charge in [-0.25, -0.2) is 9.78 Å². The van der Waals surface area contributed by atoms with Gasteiger partial charge in [-0.2, -0.15) is 0 Å². The Bertz CT molecular complexity index is 641. The van der Waals surface area contributed by atoms with Gasteiger partial charge in [0.25, 0.3) is 0 Å². The molecule has 0 aliphatic carbocycles. The molecular formula is C13H14N2O3. The Morgan fingerprint density at radius 2 is 2.22 bits per heavy atom. The van der Waals surface area contributed by atoms with Crippen molar-refractivity contribution < 1.29 is 15.0 Å². The third-order valence-electron chi connectivity index (χ3n) is 2.94. The molecule has 2 N–H and O–H groups in total. The topological polar surface area (TPSA) is 75.3 Å². The maximum Gasteiger partial charge on any atom is 0.328 e. The van der Waals surface area contributed by atoms with Gasteiger partial charge < -0.3 is 14.8 Å². The second-order valence-corrected chi connectivity index (χ2v) is 4.09. The smallest absolute Gasteiger partial charge is 0.328 e. The molecule has 0 unspecified atom stereocenters. The standard InChI is InChI=1S/C13H14N2O3/c1-8-14-11-5-9(3-4-12(11)15(8)2)10(7-16)6-13(17)18/h3-6,16H,7H2,1-2H3,(H,17,18)/b10-6+. The van der Waals surface area contributed by atoms with E-state index >= 15 is 0 Å². The van der Waals surface area contributed by atoms with Crippen LogP contribution in [0.3, 0.4) is 0 Å². The Balaban J connectivity index is 2.56. The van der Waals surface area contributed by atoms with Crippen molar-refractivity contribution in [3.05, 3.63) is 35.7 Å². The molecule has 2 aromatic rings. The van der Waals surface area contributed by atoms with Gasteiger partial charge in [0.1, 0.15) is 5.82 Å². The quantitative estimate of drug-likeness (QED) is 0.801. The number of fused-ring (bicyclic) bond motifs is 1. The molecule has 1 aromatic heterocycles. The van der Waals surface area contributed by atoms with E-state index in [-0.39, 0.29) is 6.61 Å². The Morgan fingerprint density at radius 1 is 1.50 bits per heavy atom. The molecule has 0 bridgehead atoms. The second kappa shape index (κ2) is 4.62. The normalized spacial score (nSPS) is 12.1. The summed E-state index contributed by atoms with van der Waals surface area (Å²) >= 11 is 0. The first kappa shape index (κ1) is 12.3. The van der Waals surface area contributed by atoms with Crippen LogP contribution in [0.15, 0.2) is 24.3 Å². The molecule has 0 aliphatic rings. The van der Waals surface area contributed by atoms with E-state index in [1.165, 1.54) is 0 Å². The number of rotatable bonds is 3. The second-order valence-electron chi connectivity index (χ2n) is 4.09. The molecule has 0 amide bonds. The summed E-state index contributed by atoms with van der Waals surface area (Å²) < 4.78 is 1.96. The van der Waals surface area contributed by atoms with Gasteiger partial charge in [0.15, 0.2) is 0 Å². The van der Waals surface area contributed by atoms with Crippen LogP contribution < -0.4 is 0 Å². The minimum atomic E-state index is -1.07. The van der Waals surface area contributed by atoms with Crippen LogP contribution in [0.1, 0.15) is 11.4 Å². The molecule has 18 heavy (non-hydrogen) atoms. The van der Waals surface area contributed by atoms with E-state index in [0.717, 1.165) is 22.9 Å². The lowest BCUT2D eigenvalue weighted by Gasteiger charge is -2.03. The molecule has 0 aliphatic heterocycles. The number of aliphatic hydroxyl groups excluding tert-OH is 1. The van der Waals surface area contributed by atoms with Crippen molar-refractivity contribution >= 4 is 22.6 Å². The number of benzene rings is 1.